The zero-order valence-electron chi connectivity index (χ0n) is 59.9. The van der Waals surface area contributed by atoms with Crippen LogP contribution in [0.1, 0.15) is 163 Å². The lowest BCUT2D eigenvalue weighted by Crippen LogP contribution is -2.64. The molecule has 0 spiro atoms. The van der Waals surface area contributed by atoms with Crippen LogP contribution < -0.4 is 21.3 Å². The summed E-state index contributed by atoms with van der Waals surface area (Å²) in [6.07, 6.45) is 5.28. The second-order valence-corrected chi connectivity index (χ2v) is 28.0. The molecule has 0 aromatic heterocycles. The molecule has 1 heterocycles. The topological polar surface area (TPSA) is 288 Å². The smallest absolute Gasteiger partial charge is 0.246 e. The van der Waals surface area contributed by atoms with Crippen LogP contribution in [0.3, 0.4) is 0 Å². The largest absolute Gasteiger partial charge is 0.390 e. The highest BCUT2D eigenvalue weighted by Gasteiger charge is 2.46. The molecule has 0 saturated carbocycles. The average Bonchev–Trinajstić information content (AvgIpc) is 0.869. The summed E-state index contributed by atoms with van der Waals surface area (Å²) in [5, 5.41) is 23.2. The fraction of sp³-hybridized carbons (Fsp3) is 0.803. The summed E-state index contributed by atoms with van der Waals surface area (Å²) in [4.78, 5) is 171. The number of carbonyl (C=O) groups is 11. The van der Waals surface area contributed by atoms with Crippen LogP contribution in [0.2, 0.25) is 0 Å². The van der Waals surface area contributed by atoms with Crippen molar-refractivity contribution in [2.75, 3.05) is 67.9 Å². The molecule has 24 nitrogen and oxygen atoms in total. The average molecular weight is 1310 g/mol. The van der Waals surface area contributed by atoms with Crippen molar-refractivity contribution >= 4 is 76.7 Å². The molecule has 91 heavy (non-hydrogen) atoms. The molecule has 5 N–H and O–H groups in total. The van der Waals surface area contributed by atoms with Crippen LogP contribution in [0.5, 0.6) is 0 Å². The standard InChI is InChI=1S/C66H119N11O13S/c1-26-28-31-42(13)55(78)54-59(82)69-47(27-2)62(85)71(18)45(16)61(84)76(23)53(46(17)90-32-29-30-33-91-25)58(81)70-51(40(9)10)65(88)72(19)48(34-37(3)4)57(80)67-43(14)56(79)68-44(15)60(83)73(20)49(35-38(5)6)63(86)74(21)50(36-39(7)8)64(87)75(22)52(41(11)12)66(89)77(54)24/h26,28,37-55,78H,27,29-36H2,1-25H3,(H,67,80)(H,68,79)(H,69,82)(H,70,81)/b28-26+/t42-,43+,44+,45-,46-,47+,48-,49+,50-,51+,52+,53+,54+,55-/m1/s1. The molecule has 0 aromatic carbocycles. The summed E-state index contributed by atoms with van der Waals surface area (Å²) in [5.74, 6) is -9.11. The van der Waals surface area contributed by atoms with Crippen LogP contribution in [-0.4, -0.2) is 251 Å². The van der Waals surface area contributed by atoms with E-state index in [1.54, 1.807) is 79.3 Å². The predicted octanol–water partition coefficient (Wildman–Crippen LogP) is 4.16. The summed E-state index contributed by atoms with van der Waals surface area (Å²) in [6.45, 7) is 29.5. The lowest BCUT2D eigenvalue weighted by Gasteiger charge is -2.41. The molecule has 522 valence electrons. The van der Waals surface area contributed by atoms with E-state index >= 15 is 14.4 Å². The Morgan fingerprint density at radius 2 is 0.956 bits per heavy atom. The van der Waals surface area contributed by atoms with Crippen molar-refractivity contribution in [2.45, 2.75) is 241 Å². The van der Waals surface area contributed by atoms with Crippen molar-refractivity contribution in [3.63, 3.8) is 0 Å². The minimum Gasteiger partial charge on any atom is -0.390 e. The molecule has 1 aliphatic rings. The lowest BCUT2D eigenvalue weighted by molar-refractivity contribution is -0.157. The molecule has 0 radical (unpaired) electrons. The van der Waals surface area contributed by atoms with E-state index < -0.39 is 161 Å². The summed E-state index contributed by atoms with van der Waals surface area (Å²) >= 11 is 1.67. The van der Waals surface area contributed by atoms with Gasteiger partial charge in [-0.25, -0.2) is 0 Å². The molecule has 1 fully saturated rings. The fourth-order valence-corrected chi connectivity index (χ4v) is 11.9. The molecule has 0 aliphatic carbocycles. The minimum absolute atomic E-state index is 0.00413. The van der Waals surface area contributed by atoms with Gasteiger partial charge in [0.25, 0.3) is 0 Å². The van der Waals surface area contributed by atoms with Gasteiger partial charge in [0.2, 0.25) is 65.0 Å². The maximum Gasteiger partial charge on any atom is 0.246 e. The molecule has 1 aliphatic heterocycles. The molecule has 14 atom stereocenters. The number of carbonyl (C=O) groups excluding carboxylic acids is 11. The van der Waals surface area contributed by atoms with Gasteiger partial charge in [-0.05, 0) is 127 Å². The monoisotopic (exact) mass is 1310 g/mol. The number of nitrogens with zero attached hydrogens (tertiary/aromatic N) is 7. The molecule has 0 bridgehead atoms. The van der Waals surface area contributed by atoms with Gasteiger partial charge in [-0.2, -0.15) is 11.8 Å². The quantitative estimate of drug-likeness (QED) is 0.0846. The first-order chi connectivity index (χ1) is 42.2. The Labute approximate surface area is 549 Å². The highest BCUT2D eigenvalue weighted by molar-refractivity contribution is 7.98. The molecule has 11 amide bonds. The van der Waals surface area contributed by atoms with Gasteiger partial charge in [-0.15, -0.1) is 0 Å². The number of hydrogen-bond donors (Lipinski definition) is 5. The highest BCUT2D eigenvalue weighted by atomic mass is 32.2. The maximum atomic E-state index is 15.2. The SMILES string of the molecule is C/C=C/C[C@@H](C)[C@@H](O)[C@H]1C(=O)N[C@@H](CC)C(=O)N(C)[C@H](C)C(=O)N(C)[C@@H]([C@@H](C)OCCCCSC)C(=O)N[C@@H](C(C)C)C(=O)N(C)[C@H](CC(C)C)C(=O)N[C@@H](C)C(=O)N[C@@H](C)C(=O)N(C)[C@@H](CC(C)C)C(=O)N(C)[C@H](CC(C)C)C(=O)N(C)[C@@H](C(C)C)C(=O)N1C. The van der Waals surface area contributed by atoms with Crippen LogP contribution >= 0.6 is 11.8 Å². The summed E-state index contributed by atoms with van der Waals surface area (Å²) < 4.78 is 6.25. The van der Waals surface area contributed by atoms with Crippen LogP contribution in [0, 0.1) is 35.5 Å². The van der Waals surface area contributed by atoms with E-state index in [0.29, 0.717) is 12.8 Å². The number of hydrogen-bond acceptors (Lipinski definition) is 14. The summed E-state index contributed by atoms with van der Waals surface area (Å²) in [7, 11) is 9.89. The molecule has 25 heteroatoms. The van der Waals surface area contributed by atoms with E-state index in [0.717, 1.165) is 26.9 Å². The molecule has 1 saturated heterocycles. The number of allylic oxidation sites excluding steroid dienone is 2. The van der Waals surface area contributed by atoms with E-state index in [1.807, 2.05) is 47.8 Å². The Morgan fingerprint density at radius 3 is 1.44 bits per heavy atom. The summed E-state index contributed by atoms with van der Waals surface area (Å²) in [6, 6.07) is -14.1. The minimum atomic E-state index is -1.63. The van der Waals surface area contributed by atoms with Crippen molar-refractivity contribution in [1.82, 2.24) is 55.6 Å². The normalized spacial score (nSPS) is 27.0. The van der Waals surface area contributed by atoms with E-state index in [1.165, 1.54) is 89.7 Å². The summed E-state index contributed by atoms with van der Waals surface area (Å²) in [5.41, 5.74) is 0. The van der Waals surface area contributed by atoms with Gasteiger partial charge in [0.05, 0.1) is 12.2 Å². The third kappa shape index (κ3) is 23.6. The Balaban J connectivity index is 4.44. The van der Waals surface area contributed by atoms with Gasteiger partial charge in [-0.3, -0.25) is 52.7 Å². The van der Waals surface area contributed by atoms with Crippen LogP contribution in [0.25, 0.3) is 0 Å². The first-order valence-corrected chi connectivity index (χ1v) is 34.1. The van der Waals surface area contributed by atoms with Crippen molar-refractivity contribution in [1.29, 1.82) is 0 Å². The van der Waals surface area contributed by atoms with Gasteiger partial charge in [-0.1, -0.05) is 95.2 Å². The van der Waals surface area contributed by atoms with Gasteiger partial charge in [0.1, 0.15) is 66.5 Å². The molecular weight excluding hydrogens is 1190 g/mol. The van der Waals surface area contributed by atoms with Crippen molar-refractivity contribution in [2.24, 2.45) is 35.5 Å². The van der Waals surface area contributed by atoms with E-state index in [-0.39, 0.29) is 50.0 Å². The molecule has 0 unspecified atom stereocenters. The van der Waals surface area contributed by atoms with Gasteiger partial charge in [0.15, 0.2) is 0 Å². The second-order valence-electron chi connectivity index (χ2n) is 27.0. The van der Waals surface area contributed by atoms with Crippen molar-refractivity contribution in [3.05, 3.63) is 12.2 Å². The number of likely N-dealkylation sites (N-methyl/N-ethyl adjacent to an activating group) is 7. The third-order valence-electron chi connectivity index (χ3n) is 17.4. The number of unbranched alkanes of at least 4 members (excludes halogenated alkanes) is 1. The van der Waals surface area contributed by atoms with Crippen LogP contribution in [0.4, 0.5) is 0 Å². The van der Waals surface area contributed by atoms with Gasteiger partial charge in [0, 0.05) is 55.9 Å². The van der Waals surface area contributed by atoms with Crippen LogP contribution in [0.15, 0.2) is 12.2 Å². The zero-order valence-corrected chi connectivity index (χ0v) is 60.7. The van der Waals surface area contributed by atoms with Gasteiger partial charge >= 0.3 is 0 Å². The number of aliphatic hydroxyl groups is 1. The first-order valence-electron chi connectivity index (χ1n) is 32.7. The Hall–Kier alpha value is -5.82. The van der Waals surface area contributed by atoms with E-state index in [2.05, 4.69) is 21.3 Å². The number of aliphatic hydroxyl groups excluding tert-OH is 1. The third-order valence-corrected chi connectivity index (χ3v) is 18.1. The lowest BCUT2D eigenvalue weighted by atomic mass is 9.91. The van der Waals surface area contributed by atoms with E-state index in [9.17, 15) is 43.5 Å². The molecule has 0 aromatic rings. The number of ether oxygens (including phenoxy) is 1. The van der Waals surface area contributed by atoms with Crippen molar-refractivity contribution < 1.29 is 62.6 Å². The molecule has 1 rings (SSSR count). The highest BCUT2D eigenvalue weighted by Crippen LogP contribution is 2.26. The molecular formula is C66H119N11O13S. The van der Waals surface area contributed by atoms with E-state index in [4.69, 9.17) is 4.74 Å². The fourth-order valence-electron chi connectivity index (χ4n) is 11.4. The van der Waals surface area contributed by atoms with Crippen molar-refractivity contribution in [3.8, 4) is 0 Å². The Bertz CT molecular complexity index is 2460. The predicted molar refractivity (Wildman–Crippen MR) is 357 cm³/mol. The zero-order chi connectivity index (χ0) is 70.4. The Morgan fingerprint density at radius 1 is 0.495 bits per heavy atom. The maximum absolute atomic E-state index is 15.2. The van der Waals surface area contributed by atoms with Crippen LogP contribution in [-0.2, 0) is 57.5 Å². The number of thioether (sulfide) groups is 1. The first kappa shape index (κ1) is 83.2. The number of nitrogens with one attached hydrogen (secondary N) is 4. The number of amides is 11. The second kappa shape index (κ2) is 39.0. The van der Waals surface area contributed by atoms with Gasteiger partial charge < -0.3 is 65.4 Å². The number of rotatable bonds is 20. The Kier molecular flexibility index (Phi) is 35.7.